The zero-order valence-electron chi connectivity index (χ0n) is 18.3. The molecule has 1 aliphatic rings. The number of hydrogen-bond donors (Lipinski definition) is 2. The van der Waals surface area contributed by atoms with Crippen molar-refractivity contribution in [3.8, 4) is 22.8 Å². The van der Waals surface area contributed by atoms with Crippen molar-refractivity contribution in [1.82, 2.24) is 19.9 Å². The van der Waals surface area contributed by atoms with Gasteiger partial charge >= 0.3 is 0 Å². The lowest BCUT2D eigenvalue weighted by atomic mass is 10.1. The molecule has 1 saturated carbocycles. The van der Waals surface area contributed by atoms with Crippen molar-refractivity contribution in [1.29, 1.82) is 0 Å². The van der Waals surface area contributed by atoms with E-state index in [2.05, 4.69) is 15.7 Å². The second kappa shape index (κ2) is 9.30. The van der Waals surface area contributed by atoms with Gasteiger partial charge in [0, 0.05) is 36.9 Å². The number of benzene rings is 2. The molecule has 0 radical (unpaired) electrons. The summed E-state index contributed by atoms with van der Waals surface area (Å²) in [7, 11) is 1.66. The Morgan fingerprint density at radius 1 is 1.12 bits per heavy atom. The van der Waals surface area contributed by atoms with Gasteiger partial charge in [-0.1, -0.05) is 30.3 Å². The van der Waals surface area contributed by atoms with E-state index in [1.807, 2.05) is 60.7 Å². The smallest absolute Gasteiger partial charge is 0.251 e. The van der Waals surface area contributed by atoms with Crippen molar-refractivity contribution in [2.24, 2.45) is 0 Å². The summed E-state index contributed by atoms with van der Waals surface area (Å²) in [5, 5.41) is 10.9. The third kappa shape index (κ3) is 4.80. The molecule has 8 nitrogen and oxygen atoms in total. The van der Waals surface area contributed by atoms with E-state index < -0.39 is 0 Å². The summed E-state index contributed by atoms with van der Waals surface area (Å²) in [4.78, 5) is 17.0. The Hall–Kier alpha value is -3.91. The standard InChI is InChI=1S/C25H25N5O3/c1-32-14-13-26-22-15-23(33-20-5-3-2-4-6-20)29-24-21(16-27-30(22)24)17-7-9-18(10-8-17)25(31)28-19-11-12-19/h2-10,15-16,19,26H,11-14H2,1H3,(H,28,31). The second-order valence-corrected chi connectivity index (χ2v) is 7.93. The largest absolute Gasteiger partial charge is 0.439 e. The minimum atomic E-state index is -0.0368. The van der Waals surface area contributed by atoms with Gasteiger partial charge in [0.15, 0.2) is 5.65 Å². The van der Waals surface area contributed by atoms with Crippen molar-refractivity contribution in [3.63, 3.8) is 0 Å². The molecule has 2 heterocycles. The first-order chi connectivity index (χ1) is 16.2. The first kappa shape index (κ1) is 21.0. The molecule has 0 spiro atoms. The van der Waals surface area contributed by atoms with E-state index >= 15 is 0 Å². The van der Waals surface area contributed by atoms with Gasteiger partial charge in [-0.3, -0.25) is 4.79 Å². The van der Waals surface area contributed by atoms with Gasteiger partial charge in [0.1, 0.15) is 11.6 Å². The first-order valence-electron chi connectivity index (χ1n) is 11.0. The third-order valence-corrected chi connectivity index (χ3v) is 5.40. The van der Waals surface area contributed by atoms with Crippen molar-refractivity contribution in [3.05, 3.63) is 72.4 Å². The van der Waals surface area contributed by atoms with Crippen LogP contribution >= 0.6 is 0 Å². The SMILES string of the molecule is COCCNc1cc(Oc2ccccc2)nc2c(-c3ccc(C(=O)NC4CC4)cc3)cnn12. The van der Waals surface area contributed by atoms with Gasteiger partial charge in [0.25, 0.3) is 5.91 Å². The Bertz CT molecular complexity index is 1250. The summed E-state index contributed by atoms with van der Waals surface area (Å²) >= 11 is 0. The molecule has 2 aromatic heterocycles. The number of rotatable bonds is 9. The molecule has 4 aromatic rings. The van der Waals surface area contributed by atoms with E-state index in [1.54, 1.807) is 17.8 Å². The van der Waals surface area contributed by atoms with Crippen LogP contribution in [0.1, 0.15) is 23.2 Å². The van der Waals surface area contributed by atoms with E-state index in [-0.39, 0.29) is 5.91 Å². The van der Waals surface area contributed by atoms with Gasteiger partial charge in [0.2, 0.25) is 5.88 Å². The Labute approximate surface area is 191 Å². The van der Waals surface area contributed by atoms with E-state index in [0.29, 0.717) is 42.0 Å². The maximum absolute atomic E-state index is 12.3. The molecule has 0 unspecified atom stereocenters. The minimum Gasteiger partial charge on any atom is -0.439 e. The Morgan fingerprint density at radius 2 is 1.91 bits per heavy atom. The highest BCUT2D eigenvalue weighted by atomic mass is 16.5. The summed E-state index contributed by atoms with van der Waals surface area (Å²) in [6.45, 7) is 1.16. The second-order valence-electron chi connectivity index (χ2n) is 7.93. The molecule has 8 heteroatoms. The molecule has 0 bridgehead atoms. The number of carbonyl (C=O) groups is 1. The van der Waals surface area contributed by atoms with Gasteiger partial charge in [0.05, 0.1) is 12.8 Å². The average molecular weight is 444 g/mol. The fourth-order valence-electron chi connectivity index (χ4n) is 3.51. The van der Waals surface area contributed by atoms with Crippen LogP contribution in [0, 0.1) is 0 Å². The lowest BCUT2D eigenvalue weighted by Crippen LogP contribution is -2.25. The molecule has 168 valence electrons. The van der Waals surface area contributed by atoms with E-state index in [9.17, 15) is 4.79 Å². The molecule has 1 fully saturated rings. The molecule has 0 aliphatic heterocycles. The molecule has 33 heavy (non-hydrogen) atoms. The minimum absolute atomic E-state index is 0.0368. The number of aromatic nitrogens is 3. The summed E-state index contributed by atoms with van der Waals surface area (Å²) < 4.78 is 12.9. The molecule has 5 rings (SSSR count). The molecule has 0 saturated heterocycles. The van der Waals surface area contributed by atoms with E-state index in [4.69, 9.17) is 14.5 Å². The molecule has 2 aromatic carbocycles. The van der Waals surface area contributed by atoms with Gasteiger partial charge in [-0.05, 0) is 42.7 Å². The Balaban J connectivity index is 1.48. The number of hydrogen-bond acceptors (Lipinski definition) is 6. The molecule has 1 aliphatic carbocycles. The van der Waals surface area contributed by atoms with Crippen LogP contribution in [0.3, 0.4) is 0 Å². The van der Waals surface area contributed by atoms with Crippen LogP contribution in [0.5, 0.6) is 11.6 Å². The maximum Gasteiger partial charge on any atom is 0.251 e. The zero-order valence-corrected chi connectivity index (χ0v) is 18.3. The topological polar surface area (TPSA) is 89.8 Å². The highest BCUT2D eigenvalue weighted by molar-refractivity contribution is 5.95. The fraction of sp³-hybridized carbons (Fsp3) is 0.240. The predicted molar refractivity (Wildman–Crippen MR) is 126 cm³/mol. The van der Waals surface area contributed by atoms with Gasteiger partial charge in [-0.15, -0.1) is 0 Å². The number of carbonyl (C=O) groups excluding carboxylic acids is 1. The van der Waals surface area contributed by atoms with Crippen LogP contribution < -0.4 is 15.4 Å². The van der Waals surface area contributed by atoms with Crippen LogP contribution in [0.15, 0.2) is 66.9 Å². The number of amides is 1. The number of anilines is 1. The van der Waals surface area contributed by atoms with Gasteiger partial charge in [-0.2, -0.15) is 14.6 Å². The summed E-state index contributed by atoms with van der Waals surface area (Å²) in [6, 6.07) is 19.2. The average Bonchev–Trinajstić information content (AvgIpc) is 3.55. The number of nitrogens with one attached hydrogen (secondary N) is 2. The lowest BCUT2D eigenvalue weighted by molar-refractivity contribution is 0.0951. The monoisotopic (exact) mass is 443 g/mol. The summed E-state index contributed by atoms with van der Waals surface area (Å²) in [5.74, 6) is 1.86. The summed E-state index contributed by atoms with van der Waals surface area (Å²) in [6.07, 6.45) is 3.90. The molecular weight excluding hydrogens is 418 g/mol. The van der Waals surface area contributed by atoms with Crippen LogP contribution in [-0.2, 0) is 4.74 Å². The number of para-hydroxylation sites is 1. The highest BCUT2D eigenvalue weighted by Gasteiger charge is 2.23. The number of nitrogens with zero attached hydrogens (tertiary/aromatic N) is 3. The Kier molecular flexibility index (Phi) is 5.91. The van der Waals surface area contributed by atoms with E-state index in [1.165, 1.54) is 0 Å². The molecular formula is C25H25N5O3. The first-order valence-corrected chi connectivity index (χ1v) is 11.0. The predicted octanol–water partition coefficient (Wildman–Crippen LogP) is 4.14. The number of fused-ring (bicyclic) bond motifs is 1. The zero-order chi connectivity index (χ0) is 22.6. The normalized spacial score (nSPS) is 13.1. The Morgan fingerprint density at radius 3 is 2.64 bits per heavy atom. The van der Waals surface area contributed by atoms with Crippen LogP contribution in [0.25, 0.3) is 16.8 Å². The lowest BCUT2D eigenvalue weighted by Gasteiger charge is -2.11. The molecule has 0 atom stereocenters. The van der Waals surface area contributed by atoms with Crippen LogP contribution in [-0.4, -0.2) is 46.8 Å². The third-order valence-electron chi connectivity index (χ3n) is 5.40. The van der Waals surface area contributed by atoms with E-state index in [0.717, 1.165) is 29.8 Å². The van der Waals surface area contributed by atoms with Gasteiger partial charge < -0.3 is 20.1 Å². The highest BCUT2D eigenvalue weighted by Crippen LogP contribution is 2.30. The van der Waals surface area contributed by atoms with Crippen molar-refractivity contribution < 1.29 is 14.3 Å². The summed E-state index contributed by atoms with van der Waals surface area (Å²) in [5.41, 5.74) is 3.06. The van der Waals surface area contributed by atoms with Crippen molar-refractivity contribution in [2.45, 2.75) is 18.9 Å². The van der Waals surface area contributed by atoms with Crippen molar-refractivity contribution >= 4 is 17.4 Å². The maximum atomic E-state index is 12.3. The van der Waals surface area contributed by atoms with Crippen LogP contribution in [0.4, 0.5) is 5.82 Å². The van der Waals surface area contributed by atoms with Gasteiger partial charge in [-0.25, -0.2) is 0 Å². The number of ether oxygens (including phenoxy) is 2. The fourth-order valence-corrected chi connectivity index (χ4v) is 3.51. The molecule has 1 amide bonds. The van der Waals surface area contributed by atoms with Crippen LogP contribution in [0.2, 0.25) is 0 Å². The molecule has 2 N–H and O–H groups in total. The number of methoxy groups -OCH3 is 1. The van der Waals surface area contributed by atoms with Crippen molar-refractivity contribution in [2.75, 3.05) is 25.6 Å². The quantitative estimate of drug-likeness (QED) is 0.378.